The van der Waals surface area contributed by atoms with E-state index >= 15 is 0 Å². The monoisotopic (exact) mass is 252 g/mol. The average Bonchev–Trinajstić information content (AvgIpc) is 2.14. The molecule has 0 radical (unpaired) electrons. The predicted molar refractivity (Wildman–Crippen MR) is 65.9 cm³/mol. The van der Waals surface area contributed by atoms with Gasteiger partial charge in [0.05, 0.1) is 11.4 Å². The highest BCUT2D eigenvalue weighted by atomic mass is 32.2. The van der Waals surface area contributed by atoms with E-state index in [4.69, 9.17) is 0 Å². The van der Waals surface area contributed by atoms with Crippen LogP contribution in [0.3, 0.4) is 0 Å². The second kappa shape index (κ2) is 6.54. The molecule has 0 aliphatic carbocycles. The lowest BCUT2D eigenvalue weighted by Crippen LogP contribution is -2.39. The molecule has 0 bridgehead atoms. The molecule has 0 saturated heterocycles. The van der Waals surface area contributed by atoms with Gasteiger partial charge in [-0.25, -0.2) is 13.1 Å². The van der Waals surface area contributed by atoms with Gasteiger partial charge in [-0.15, -0.1) is 0 Å². The molecule has 0 heterocycles. The summed E-state index contributed by atoms with van der Waals surface area (Å²) < 4.78 is 24.6. The Bertz CT molecular complexity index is 283. The van der Waals surface area contributed by atoms with Gasteiger partial charge >= 0.3 is 0 Å². The number of likely N-dealkylation sites (N-methyl/N-ethyl adjacent to an activating group) is 1. The smallest absolute Gasteiger partial charge is 0.211 e. The Labute approximate surface area is 98.9 Å². The molecule has 0 amide bonds. The van der Waals surface area contributed by atoms with Crippen LogP contribution in [0, 0.1) is 0 Å². The van der Waals surface area contributed by atoms with Crippen molar-refractivity contribution < 1.29 is 13.5 Å². The predicted octanol–water partition coefficient (Wildman–Crippen LogP) is 0.0185. The van der Waals surface area contributed by atoms with Gasteiger partial charge in [-0.3, -0.25) is 0 Å². The molecule has 0 atom stereocenters. The van der Waals surface area contributed by atoms with Gasteiger partial charge in [0, 0.05) is 6.54 Å². The first-order valence-corrected chi connectivity index (χ1v) is 7.21. The number of rotatable bonds is 8. The molecule has 0 aliphatic heterocycles. The Morgan fingerprint density at radius 3 is 2.31 bits per heavy atom. The van der Waals surface area contributed by atoms with E-state index in [1.807, 2.05) is 11.8 Å². The summed E-state index contributed by atoms with van der Waals surface area (Å²) in [5.41, 5.74) is -0.738. The van der Waals surface area contributed by atoms with E-state index in [1.54, 1.807) is 13.8 Å². The molecule has 0 aromatic heterocycles. The SMILES string of the molecule is CCN(CCCS(=O)(=O)NC)CC(C)(C)O. The zero-order valence-electron chi connectivity index (χ0n) is 10.7. The average molecular weight is 252 g/mol. The van der Waals surface area contributed by atoms with Gasteiger partial charge in [0.1, 0.15) is 0 Å². The van der Waals surface area contributed by atoms with Gasteiger partial charge in [-0.05, 0) is 40.4 Å². The summed E-state index contributed by atoms with van der Waals surface area (Å²) in [4.78, 5) is 2.05. The summed E-state index contributed by atoms with van der Waals surface area (Å²) in [7, 11) is -1.69. The molecule has 0 saturated carbocycles. The molecule has 98 valence electrons. The van der Waals surface area contributed by atoms with Crippen molar-refractivity contribution in [1.29, 1.82) is 0 Å². The fraction of sp³-hybridized carbons (Fsp3) is 1.00. The molecule has 0 aromatic rings. The molecule has 0 rings (SSSR count). The van der Waals surface area contributed by atoms with E-state index in [-0.39, 0.29) is 5.75 Å². The lowest BCUT2D eigenvalue weighted by Gasteiger charge is -2.27. The Morgan fingerprint density at radius 1 is 1.38 bits per heavy atom. The van der Waals surface area contributed by atoms with Crippen molar-refractivity contribution in [2.24, 2.45) is 0 Å². The number of nitrogens with zero attached hydrogens (tertiary/aromatic N) is 1. The number of sulfonamides is 1. The van der Waals surface area contributed by atoms with Crippen LogP contribution in [0.4, 0.5) is 0 Å². The number of hydrogen-bond donors (Lipinski definition) is 2. The normalized spacial score (nSPS) is 13.4. The van der Waals surface area contributed by atoms with Crippen molar-refractivity contribution in [2.45, 2.75) is 32.8 Å². The maximum absolute atomic E-state index is 11.2. The van der Waals surface area contributed by atoms with Crippen LogP contribution >= 0.6 is 0 Å². The number of nitrogens with one attached hydrogen (secondary N) is 1. The molecule has 0 unspecified atom stereocenters. The number of aliphatic hydroxyl groups is 1. The highest BCUT2D eigenvalue weighted by molar-refractivity contribution is 7.89. The second-order valence-electron chi connectivity index (χ2n) is 4.56. The Hall–Kier alpha value is -0.170. The lowest BCUT2D eigenvalue weighted by molar-refractivity contribution is 0.0380. The van der Waals surface area contributed by atoms with Gasteiger partial charge in [0.25, 0.3) is 0 Å². The molecule has 2 N–H and O–H groups in total. The first kappa shape index (κ1) is 15.8. The zero-order chi connectivity index (χ0) is 12.8. The third-order valence-corrected chi connectivity index (χ3v) is 3.70. The molecule has 6 heteroatoms. The molecule has 0 aliphatic rings. The van der Waals surface area contributed by atoms with Crippen molar-refractivity contribution >= 4 is 10.0 Å². The summed E-state index contributed by atoms with van der Waals surface area (Å²) in [5, 5.41) is 9.65. The molecule has 0 aromatic carbocycles. The van der Waals surface area contributed by atoms with E-state index in [1.165, 1.54) is 7.05 Å². The third-order valence-electron chi connectivity index (χ3n) is 2.26. The highest BCUT2D eigenvalue weighted by Gasteiger charge is 2.17. The van der Waals surface area contributed by atoms with Crippen molar-refractivity contribution in [1.82, 2.24) is 9.62 Å². The van der Waals surface area contributed by atoms with Gasteiger partial charge in [-0.1, -0.05) is 6.92 Å². The lowest BCUT2D eigenvalue weighted by atomic mass is 10.1. The highest BCUT2D eigenvalue weighted by Crippen LogP contribution is 2.05. The molecular formula is C10H24N2O3S. The van der Waals surface area contributed by atoms with Crippen LogP contribution in [0.5, 0.6) is 0 Å². The van der Waals surface area contributed by atoms with Crippen LogP contribution in [-0.2, 0) is 10.0 Å². The van der Waals surface area contributed by atoms with Crippen molar-refractivity contribution in [3.05, 3.63) is 0 Å². The minimum absolute atomic E-state index is 0.131. The summed E-state index contributed by atoms with van der Waals surface area (Å²) in [6.07, 6.45) is 0.576. The standard InChI is InChI=1S/C10H24N2O3S/c1-5-12(9-10(2,3)13)7-6-8-16(14,15)11-4/h11,13H,5-9H2,1-4H3. The van der Waals surface area contributed by atoms with E-state index in [9.17, 15) is 13.5 Å². The maximum Gasteiger partial charge on any atom is 0.211 e. The topological polar surface area (TPSA) is 69.6 Å². The summed E-state index contributed by atoms with van der Waals surface area (Å²) in [6.45, 7) is 7.55. The van der Waals surface area contributed by atoms with Crippen molar-refractivity contribution in [3.8, 4) is 0 Å². The van der Waals surface area contributed by atoms with Crippen LogP contribution in [0.1, 0.15) is 27.2 Å². The quantitative estimate of drug-likeness (QED) is 0.639. The molecule has 5 nitrogen and oxygen atoms in total. The Kier molecular flexibility index (Phi) is 6.47. The van der Waals surface area contributed by atoms with Crippen LogP contribution in [-0.4, -0.2) is 56.5 Å². The third kappa shape index (κ3) is 8.04. The Morgan fingerprint density at radius 2 is 1.94 bits per heavy atom. The molecule has 0 spiro atoms. The first-order valence-electron chi connectivity index (χ1n) is 5.56. The summed E-state index contributed by atoms with van der Waals surface area (Å²) in [5.74, 6) is 0.131. The fourth-order valence-corrected chi connectivity index (χ4v) is 2.19. The Balaban J connectivity index is 3.98. The minimum atomic E-state index is -3.11. The van der Waals surface area contributed by atoms with Crippen LogP contribution < -0.4 is 4.72 Å². The maximum atomic E-state index is 11.2. The van der Waals surface area contributed by atoms with Crippen LogP contribution in [0.25, 0.3) is 0 Å². The van der Waals surface area contributed by atoms with Crippen LogP contribution in [0.2, 0.25) is 0 Å². The zero-order valence-corrected chi connectivity index (χ0v) is 11.5. The van der Waals surface area contributed by atoms with Crippen molar-refractivity contribution in [2.75, 3.05) is 32.4 Å². The summed E-state index contributed by atoms with van der Waals surface area (Å²) in [6, 6.07) is 0. The number of hydrogen-bond acceptors (Lipinski definition) is 4. The van der Waals surface area contributed by atoms with Gasteiger partial charge < -0.3 is 10.0 Å². The first-order chi connectivity index (χ1) is 7.20. The van der Waals surface area contributed by atoms with Gasteiger partial charge in [-0.2, -0.15) is 0 Å². The molecular weight excluding hydrogens is 228 g/mol. The summed E-state index contributed by atoms with van der Waals surface area (Å²) >= 11 is 0. The fourth-order valence-electron chi connectivity index (χ4n) is 1.48. The largest absolute Gasteiger partial charge is 0.389 e. The van der Waals surface area contributed by atoms with E-state index in [0.717, 1.165) is 6.54 Å². The van der Waals surface area contributed by atoms with Crippen molar-refractivity contribution in [3.63, 3.8) is 0 Å². The second-order valence-corrected chi connectivity index (χ2v) is 6.60. The molecule has 16 heavy (non-hydrogen) atoms. The van der Waals surface area contributed by atoms with Gasteiger partial charge in [0.2, 0.25) is 10.0 Å². The van der Waals surface area contributed by atoms with E-state index in [2.05, 4.69) is 4.72 Å². The van der Waals surface area contributed by atoms with Gasteiger partial charge in [0.15, 0.2) is 0 Å². The minimum Gasteiger partial charge on any atom is -0.389 e. The van der Waals surface area contributed by atoms with Crippen LogP contribution in [0.15, 0.2) is 0 Å². The van der Waals surface area contributed by atoms with E-state index in [0.29, 0.717) is 19.5 Å². The molecule has 0 fully saturated rings. The van der Waals surface area contributed by atoms with E-state index < -0.39 is 15.6 Å².